The van der Waals surface area contributed by atoms with Crippen molar-refractivity contribution in [3.05, 3.63) is 21.9 Å². The quantitative estimate of drug-likeness (QED) is 0.739. The third-order valence-electron chi connectivity index (χ3n) is 1.58. The number of halogens is 1. The van der Waals surface area contributed by atoms with Gasteiger partial charge in [0.2, 0.25) is 0 Å². The molecule has 1 aromatic heterocycles. The lowest BCUT2D eigenvalue weighted by molar-refractivity contribution is 0.0350. The third kappa shape index (κ3) is 2.20. The molecule has 0 amide bonds. The van der Waals surface area contributed by atoms with Crippen molar-refractivity contribution in [2.75, 3.05) is 5.88 Å². The molecule has 4 heteroatoms. The van der Waals surface area contributed by atoms with Crippen molar-refractivity contribution in [1.82, 2.24) is 0 Å². The Labute approximate surface area is 80.4 Å². The van der Waals surface area contributed by atoms with Gasteiger partial charge in [-0.25, -0.2) is 0 Å². The zero-order chi connectivity index (χ0) is 9.14. The molecule has 0 bridgehead atoms. The zero-order valence-electron chi connectivity index (χ0n) is 6.70. The summed E-state index contributed by atoms with van der Waals surface area (Å²) in [5.74, 6) is 0.0537. The van der Waals surface area contributed by atoms with E-state index in [9.17, 15) is 10.2 Å². The van der Waals surface area contributed by atoms with Gasteiger partial charge in [0.05, 0.1) is 12.0 Å². The Kier molecular flexibility index (Phi) is 3.53. The Morgan fingerprint density at radius 2 is 2.17 bits per heavy atom. The smallest absolute Gasteiger partial charge is 0.115 e. The van der Waals surface area contributed by atoms with Crippen LogP contribution in [0, 0.1) is 6.92 Å². The lowest BCUT2D eigenvalue weighted by atomic mass is 10.2. The molecule has 0 fully saturated rings. The first kappa shape index (κ1) is 9.99. The first-order valence-corrected chi connectivity index (χ1v) is 4.98. The summed E-state index contributed by atoms with van der Waals surface area (Å²) in [5.41, 5.74) is 0. The molecule has 1 aromatic rings. The van der Waals surface area contributed by atoms with Crippen LogP contribution >= 0.6 is 22.9 Å². The van der Waals surface area contributed by atoms with E-state index in [1.807, 2.05) is 13.0 Å². The molecule has 2 unspecified atom stereocenters. The van der Waals surface area contributed by atoms with Crippen LogP contribution in [-0.2, 0) is 0 Å². The van der Waals surface area contributed by atoms with E-state index < -0.39 is 12.2 Å². The van der Waals surface area contributed by atoms with Gasteiger partial charge >= 0.3 is 0 Å². The monoisotopic (exact) mass is 206 g/mol. The molecule has 1 heterocycles. The number of aliphatic hydroxyl groups is 2. The average molecular weight is 207 g/mol. The van der Waals surface area contributed by atoms with Gasteiger partial charge < -0.3 is 10.2 Å². The molecule has 0 saturated heterocycles. The molecule has 2 N–H and O–H groups in total. The number of hydrogen-bond acceptors (Lipinski definition) is 3. The Balaban J connectivity index is 2.70. The number of alkyl halides is 1. The second kappa shape index (κ2) is 4.23. The Morgan fingerprint density at radius 1 is 1.50 bits per heavy atom. The van der Waals surface area contributed by atoms with Gasteiger partial charge in [-0.3, -0.25) is 0 Å². The molecule has 2 atom stereocenters. The fourth-order valence-corrected chi connectivity index (χ4v) is 1.98. The van der Waals surface area contributed by atoms with Crippen molar-refractivity contribution in [1.29, 1.82) is 0 Å². The minimum Gasteiger partial charge on any atom is -0.389 e. The summed E-state index contributed by atoms with van der Waals surface area (Å²) in [7, 11) is 0. The summed E-state index contributed by atoms with van der Waals surface area (Å²) in [6.45, 7) is 1.95. The van der Waals surface area contributed by atoms with Crippen LogP contribution in [-0.4, -0.2) is 22.2 Å². The van der Waals surface area contributed by atoms with E-state index in [0.29, 0.717) is 0 Å². The van der Waals surface area contributed by atoms with Gasteiger partial charge in [0, 0.05) is 9.75 Å². The van der Waals surface area contributed by atoms with Crippen LogP contribution in [0.5, 0.6) is 0 Å². The average Bonchev–Trinajstić information content (AvgIpc) is 2.49. The van der Waals surface area contributed by atoms with Gasteiger partial charge in [0.15, 0.2) is 0 Å². The topological polar surface area (TPSA) is 40.5 Å². The largest absolute Gasteiger partial charge is 0.389 e. The summed E-state index contributed by atoms with van der Waals surface area (Å²) in [4.78, 5) is 1.88. The highest BCUT2D eigenvalue weighted by molar-refractivity contribution is 7.12. The van der Waals surface area contributed by atoms with Crippen LogP contribution in [0.3, 0.4) is 0 Å². The van der Waals surface area contributed by atoms with Crippen molar-refractivity contribution in [2.24, 2.45) is 0 Å². The van der Waals surface area contributed by atoms with E-state index in [2.05, 4.69) is 0 Å². The highest BCUT2D eigenvalue weighted by atomic mass is 35.5. The number of aryl methyl sites for hydroxylation is 1. The molecular weight excluding hydrogens is 196 g/mol. The predicted molar refractivity (Wildman–Crippen MR) is 50.7 cm³/mol. The maximum absolute atomic E-state index is 9.48. The molecule has 0 radical (unpaired) electrons. The Bertz CT molecular complexity index is 249. The van der Waals surface area contributed by atoms with Crippen molar-refractivity contribution in [3.8, 4) is 0 Å². The minimum atomic E-state index is -0.871. The standard InChI is InChI=1S/C8H11ClO2S/c1-5-2-3-7(12-5)8(11)6(10)4-9/h2-3,6,8,10-11H,4H2,1H3. The van der Waals surface area contributed by atoms with E-state index in [1.54, 1.807) is 6.07 Å². The molecule has 1 rings (SSSR count). The lowest BCUT2D eigenvalue weighted by Gasteiger charge is -2.12. The van der Waals surface area contributed by atoms with Crippen LogP contribution in [0.2, 0.25) is 0 Å². The van der Waals surface area contributed by atoms with Gasteiger partial charge in [0.1, 0.15) is 6.10 Å². The zero-order valence-corrected chi connectivity index (χ0v) is 8.27. The minimum absolute atomic E-state index is 0.0537. The molecular formula is C8H11ClO2S. The van der Waals surface area contributed by atoms with Crippen LogP contribution in [0.25, 0.3) is 0 Å². The summed E-state index contributed by atoms with van der Waals surface area (Å²) in [6, 6.07) is 3.71. The van der Waals surface area contributed by atoms with E-state index in [1.165, 1.54) is 11.3 Å². The summed E-state index contributed by atoms with van der Waals surface area (Å²) < 4.78 is 0. The van der Waals surface area contributed by atoms with Crippen molar-refractivity contribution in [3.63, 3.8) is 0 Å². The third-order valence-corrected chi connectivity index (χ3v) is 2.96. The first-order chi connectivity index (χ1) is 5.65. The maximum Gasteiger partial charge on any atom is 0.115 e. The number of aliphatic hydroxyl groups excluding tert-OH is 2. The maximum atomic E-state index is 9.48. The summed E-state index contributed by atoms with van der Waals surface area (Å²) in [6.07, 6.45) is -1.72. The second-order valence-corrected chi connectivity index (χ2v) is 4.24. The van der Waals surface area contributed by atoms with Gasteiger partial charge in [0.25, 0.3) is 0 Å². The van der Waals surface area contributed by atoms with Crippen molar-refractivity contribution >= 4 is 22.9 Å². The molecule has 68 valence electrons. The highest BCUT2D eigenvalue weighted by Gasteiger charge is 2.18. The summed E-state index contributed by atoms with van der Waals surface area (Å²) in [5, 5.41) is 18.7. The number of thiophene rings is 1. The molecule has 0 aliphatic rings. The molecule has 12 heavy (non-hydrogen) atoms. The molecule has 0 saturated carbocycles. The molecule has 0 spiro atoms. The second-order valence-electron chi connectivity index (χ2n) is 2.61. The molecule has 0 aliphatic carbocycles. The van der Waals surface area contributed by atoms with Crippen molar-refractivity contribution < 1.29 is 10.2 Å². The Hall–Kier alpha value is -0.0900. The van der Waals surface area contributed by atoms with E-state index in [4.69, 9.17) is 11.6 Å². The number of rotatable bonds is 3. The van der Waals surface area contributed by atoms with Crippen LogP contribution in [0.15, 0.2) is 12.1 Å². The fraction of sp³-hybridized carbons (Fsp3) is 0.500. The van der Waals surface area contributed by atoms with Gasteiger partial charge in [-0.1, -0.05) is 0 Å². The SMILES string of the molecule is Cc1ccc(C(O)C(O)CCl)s1. The highest BCUT2D eigenvalue weighted by Crippen LogP contribution is 2.25. The van der Waals surface area contributed by atoms with E-state index in [-0.39, 0.29) is 5.88 Å². The van der Waals surface area contributed by atoms with E-state index >= 15 is 0 Å². The van der Waals surface area contributed by atoms with Crippen LogP contribution < -0.4 is 0 Å². The van der Waals surface area contributed by atoms with Gasteiger partial charge in [-0.05, 0) is 19.1 Å². The number of hydrogen-bond donors (Lipinski definition) is 2. The fourth-order valence-electron chi connectivity index (χ4n) is 0.886. The van der Waals surface area contributed by atoms with Gasteiger partial charge in [-0.2, -0.15) is 0 Å². The Morgan fingerprint density at radius 3 is 2.58 bits per heavy atom. The van der Waals surface area contributed by atoms with Crippen LogP contribution in [0.4, 0.5) is 0 Å². The van der Waals surface area contributed by atoms with Crippen molar-refractivity contribution in [2.45, 2.75) is 19.1 Å². The van der Waals surface area contributed by atoms with Gasteiger partial charge in [-0.15, -0.1) is 22.9 Å². The predicted octanol–water partition coefficient (Wildman–Crippen LogP) is 1.69. The molecule has 0 aliphatic heterocycles. The normalized spacial score (nSPS) is 16.0. The van der Waals surface area contributed by atoms with Crippen LogP contribution in [0.1, 0.15) is 15.9 Å². The lowest BCUT2D eigenvalue weighted by Crippen LogP contribution is -2.18. The molecule has 2 nitrogen and oxygen atoms in total. The first-order valence-electron chi connectivity index (χ1n) is 3.63. The van der Waals surface area contributed by atoms with E-state index in [0.717, 1.165) is 9.75 Å². The molecule has 0 aromatic carbocycles. The summed E-state index contributed by atoms with van der Waals surface area (Å²) >= 11 is 6.87.